The van der Waals surface area contributed by atoms with Crippen LogP contribution in [0.2, 0.25) is 0 Å². The number of aromatic amines is 1. The number of amides is 1. The first-order valence-corrected chi connectivity index (χ1v) is 8.46. The van der Waals surface area contributed by atoms with E-state index in [1.807, 2.05) is 6.07 Å². The van der Waals surface area contributed by atoms with Gasteiger partial charge >= 0.3 is 0 Å². The van der Waals surface area contributed by atoms with Gasteiger partial charge in [-0.2, -0.15) is 5.10 Å². The highest BCUT2D eigenvalue weighted by atomic mass is 32.2. The van der Waals surface area contributed by atoms with Crippen LogP contribution in [0.1, 0.15) is 16.8 Å². The Labute approximate surface area is 122 Å². The number of hydrogen-bond acceptors (Lipinski definition) is 4. The van der Waals surface area contributed by atoms with E-state index in [9.17, 15) is 13.2 Å². The Morgan fingerprint density at radius 3 is 2.86 bits per heavy atom. The van der Waals surface area contributed by atoms with Crippen LogP contribution in [0.4, 0.5) is 0 Å². The molecule has 1 unspecified atom stereocenters. The number of rotatable bonds is 3. The van der Waals surface area contributed by atoms with Crippen molar-refractivity contribution in [2.24, 2.45) is 0 Å². The van der Waals surface area contributed by atoms with E-state index in [2.05, 4.69) is 15.5 Å². The van der Waals surface area contributed by atoms with E-state index in [4.69, 9.17) is 0 Å². The molecular weight excluding hydrogens is 290 g/mol. The lowest BCUT2D eigenvalue weighted by atomic mass is 10.1. The molecule has 21 heavy (non-hydrogen) atoms. The fourth-order valence-corrected chi connectivity index (χ4v) is 4.10. The topological polar surface area (TPSA) is 91.9 Å². The van der Waals surface area contributed by atoms with Gasteiger partial charge in [0.1, 0.15) is 0 Å². The van der Waals surface area contributed by atoms with Gasteiger partial charge in [0.15, 0.2) is 9.84 Å². The molecule has 7 heteroatoms. The molecule has 0 radical (unpaired) electrons. The van der Waals surface area contributed by atoms with E-state index in [-0.39, 0.29) is 23.5 Å². The number of sulfone groups is 1. The maximum atomic E-state index is 12.2. The molecule has 2 N–H and O–H groups in total. The molecule has 1 saturated heterocycles. The lowest BCUT2D eigenvalue weighted by molar-refractivity contribution is 0.0941. The number of hydrogen-bond donors (Lipinski definition) is 2. The lowest BCUT2D eigenvalue weighted by Gasteiger charge is -2.11. The first kappa shape index (κ1) is 13.8. The molecule has 2 heterocycles. The second-order valence-electron chi connectivity index (χ2n) is 5.14. The number of benzene rings is 1. The summed E-state index contributed by atoms with van der Waals surface area (Å²) in [5, 5.41) is 9.39. The van der Waals surface area contributed by atoms with Gasteiger partial charge in [-0.1, -0.05) is 12.1 Å². The van der Waals surface area contributed by atoms with E-state index >= 15 is 0 Å². The number of H-pyrrole nitrogens is 1. The van der Waals surface area contributed by atoms with Crippen molar-refractivity contribution in [3.05, 3.63) is 42.2 Å². The van der Waals surface area contributed by atoms with Crippen molar-refractivity contribution in [3.8, 4) is 11.1 Å². The molecule has 110 valence electrons. The normalized spacial score (nSPS) is 20.3. The first-order chi connectivity index (χ1) is 10.0. The summed E-state index contributed by atoms with van der Waals surface area (Å²) in [6.45, 7) is 0. The summed E-state index contributed by atoms with van der Waals surface area (Å²) in [6.07, 6.45) is 3.91. The molecule has 0 spiro atoms. The Bertz CT molecular complexity index is 754. The third-order valence-corrected chi connectivity index (χ3v) is 5.29. The molecule has 1 amide bonds. The Balaban J connectivity index is 1.75. The SMILES string of the molecule is O=C(NC1CCS(=O)(=O)C1)c1cccc(-c2cn[nH]c2)c1. The molecule has 0 bridgehead atoms. The summed E-state index contributed by atoms with van der Waals surface area (Å²) >= 11 is 0. The predicted molar refractivity (Wildman–Crippen MR) is 78.5 cm³/mol. The maximum absolute atomic E-state index is 12.2. The van der Waals surface area contributed by atoms with Crippen LogP contribution in [0.25, 0.3) is 11.1 Å². The van der Waals surface area contributed by atoms with E-state index in [0.717, 1.165) is 11.1 Å². The van der Waals surface area contributed by atoms with Crippen LogP contribution in [0.5, 0.6) is 0 Å². The number of aromatic nitrogens is 2. The van der Waals surface area contributed by atoms with Gasteiger partial charge in [0.05, 0.1) is 17.7 Å². The minimum absolute atomic E-state index is 0.0279. The predicted octanol–water partition coefficient (Wildman–Crippen LogP) is 0.994. The van der Waals surface area contributed by atoms with Crippen molar-refractivity contribution < 1.29 is 13.2 Å². The number of carbonyl (C=O) groups excluding carboxylic acids is 1. The lowest BCUT2D eigenvalue weighted by Crippen LogP contribution is -2.35. The second-order valence-corrected chi connectivity index (χ2v) is 7.37. The molecule has 2 aromatic rings. The highest BCUT2D eigenvalue weighted by Crippen LogP contribution is 2.19. The Hall–Kier alpha value is -2.15. The molecule has 6 nitrogen and oxygen atoms in total. The van der Waals surface area contributed by atoms with Crippen molar-refractivity contribution in [1.29, 1.82) is 0 Å². The monoisotopic (exact) mass is 305 g/mol. The van der Waals surface area contributed by atoms with Crippen LogP contribution in [0.15, 0.2) is 36.7 Å². The van der Waals surface area contributed by atoms with E-state index in [1.165, 1.54) is 0 Å². The average molecular weight is 305 g/mol. The summed E-state index contributed by atoms with van der Waals surface area (Å²) in [7, 11) is -2.99. The summed E-state index contributed by atoms with van der Waals surface area (Å²) in [6, 6.07) is 6.87. The van der Waals surface area contributed by atoms with Gasteiger partial charge in [0.25, 0.3) is 5.91 Å². The Morgan fingerprint density at radius 2 is 2.19 bits per heavy atom. The zero-order valence-corrected chi connectivity index (χ0v) is 12.1. The van der Waals surface area contributed by atoms with Crippen molar-refractivity contribution in [1.82, 2.24) is 15.5 Å². The minimum atomic E-state index is -2.99. The standard InChI is InChI=1S/C14H15N3O3S/c18-14(17-13-4-5-21(19,20)9-13)11-3-1-2-10(6-11)12-7-15-16-8-12/h1-3,6-8,13H,4-5,9H2,(H,15,16)(H,17,18). The van der Waals surface area contributed by atoms with Crippen molar-refractivity contribution in [2.75, 3.05) is 11.5 Å². The summed E-state index contributed by atoms with van der Waals surface area (Å²) in [4.78, 5) is 12.2. The largest absolute Gasteiger partial charge is 0.348 e. The van der Waals surface area contributed by atoms with E-state index < -0.39 is 9.84 Å². The zero-order chi connectivity index (χ0) is 14.9. The smallest absolute Gasteiger partial charge is 0.251 e. The molecule has 1 aliphatic rings. The van der Waals surface area contributed by atoms with E-state index in [1.54, 1.807) is 30.6 Å². The van der Waals surface area contributed by atoms with Gasteiger partial charge in [-0.05, 0) is 24.1 Å². The Kier molecular flexibility index (Phi) is 3.50. The van der Waals surface area contributed by atoms with Gasteiger partial charge in [0.2, 0.25) is 0 Å². The summed E-state index contributed by atoms with van der Waals surface area (Å²) < 4.78 is 22.8. The van der Waals surface area contributed by atoms with Gasteiger partial charge in [0, 0.05) is 23.4 Å². The number of carbonyl (C=O) groups is 1. The molecule has 3 rings (SSSR count). The second kappa shape index (κ2) is 5.33. The fraction of sp³-hybridized carbons (Fsp3) is 0.286. The number of nitrogens with one attached hydrogen (secondary N) is 2. The first-order valence-electron chi connectivity index (χ1n) is 6.64. The van der Waals surface area contributed by atoms with Crippen LogP contribution in [0.3, 0.4) is 0 Å². The number of nitrogens with zero attached hydrogens (tertiary/aromatic N) is 1. The van der Waals surface area contributed by atoms with Crippen LogP contribution < -0.4 is 5.32 Å². The summed E-state index contributed by atoms with van der Waals surface area (Å²) in [5.74, 6) is -0.0740. The van der Waals surface area contributed by atoms with Crippen LogP contribution in [-0.4, -0.2) is 42.1 Å². The van der Waals surface area contributed by atoms with Gasteiger partial charge < -0.3 is 5.32 Å². The molecule has 0 saturated carbocycles. The van der Waals surface area contributed by atoms with Crippen molar-refractivity contribution >= 4 is 15.7 Å². The van der Waals surface area contributed by atoms with Crippen LogP contribution in [-0.2, 0) is 9.84 Å². The van der Waals surface area contributed by atoms with Crippen molar-refractivity contribution in [2.45, 2.75) is 12.5 Å². The summed E-state index contributed by atoms with van der Waals surface area (Å²) in [5.41, 5.74) is 2.29. The van der Waals surface area contributed by atoms with Crippen molar-refractivity contribution in [3.63, 3.8) is 0 Å². The van der Waals surface area contributed by atoms with Gasteiger partial charge in [-0.3, -0.25) is 9.89 Å². The van der Waals surface area contributed by atoms with E-state index in [0.29, 0.717) is 12.0 Å². The molecule has 1 aromatic heterocycles. The maximum Gasteiger partial charge on any atom is 0.251 e. The zero-order valence-electron chi connectivity index (χ0n) is 11.2. The molecule has 1 aliphatic heterocycles. The highest BCUT2D eigenvalue weighted by molar-refractivity contribution is 7.91. The fourth-order valence-electron chi connectivity index (χ4n) is 2.43. The molecular formula is C14H15N3O3S. The average Bonchev–Trinajstić information content (AvgIpc) is 3.09. The Morgan fingerprint density at radius 1 is 1.33 bits per heavy atom. The van der Waals surface area contributed by atoms with Crippen LogP contribution in [0, 0.1) is 0 Å². The molecule has 1 aromatic carbocycles. The minimum Gasteiger partial charge on any atom is -0.348 e. The van der Waals surface area contributed by atoms with Gasteiger partial charge in [-0.25, -0.2) is 8.42 Å². The molecule has 1 fully saturated rings. The quantitative estimate of drug-likeness (QED) is 0.884. The molecule has 0 aliphatic carbocycles. The third kappa shape index (κ3) is 3.13. The highest BCUT2D eigenvalue weighted by Gasteiger charge is 2.29. The van der Waals surface area contributed by atoms with Crippen LogP contribution >= 0.6 is 0 Å². The molecule has 1 atom stereocenters. The third-order valence-electron chi connectivity index (χ3n) is 3.52. The van der Waals surface area contributed by atoms with Gasteiger partial charge in [-0.15, -0.1) is 0 Å².